The molecule has 1 heterocycles. The number of ether oxygens (including phenoxy) is 2. The first-order valence-corrected chi connectivity index (χ1v) is 12.1. The standard InChI is InChI=1S/C26H27BrN2O5/c1-4-34-21-13-15(12-16(27)25(21)31)23-22(14(2)28-18-9-7-10-19(30)24(18)23)26(32)29-17-8-5-6-11-20(17)33-3/h5-6,8,11-13,23-24,31H,4,7,9-10H2,1-3H3,(H,29,32)/t23-,24?/m1/s1. The molecule has 34 heavy (non-hydrogen) atoms. The van der Waals surface area contributed by atoms with Crippen molar-refractivity contribution in [2.75, 3.05) is 19.0 Å². The van der Waals surface area contributed by atoms with Gasteiger partial charge in [0.25, 0.3) is 5.91 Å². The summed E-state index contributed by atoms with van der Waals surface area (Å²) in [6, 6.07) is 10.6. The monoisotopic (exact) mass is 526 g/mol. The lowest BCUT2D eigenvalue weighted by Gasteiger charge is -2.36. The number of amides is 1. The Labute approximate surface area is 207 Å². The van der Waals surface area contributed by atoms with Crippen LogP contribution in [0.2, 0.25) is 0 Å². The van der Waals surface area contributed by atoms with Crippen LogP contribution >= 0.6 is 15.9 Å². The van der Waals surface area contributed by atoms with Gasteiger partial charge in [0.2, 0.25) is 0 Å². The number of phenols is 1. The first-order valence-electron chi connectivity index (χ1n) is 11.3. The van der Waals surface area contributed by atoms with Crippen molar-refractivity contribution >= 4 is 39.0 Å². The highest BCUT2D eigenvalue weighted by atomic mass is 79.9. The number of rotatable bonds is 6. The van der Waals surface area contributed by atoms with Crippen molar-refractivity contribution in [3.8, 4) is 17.2 Å². The highest BCUT2D eigenvalue weighted by Crippen LogP contribution is 2.46. The lowest BCUT2D eigenvalue weighted by Crippen LogP contribution is -2.39. The molecule has 1 amide bonds. The molecule has 1 aliphatic heterocycles. The summed E-state index contributed by atoms with van der Waals surface area (Å²) in [7, 11) is 1.54. The summed E-state index contributed by atoms with van der Waals surface area (Å²) in [6.07, 6.45) is 1.90. The molecule has 0 radical (unpaired) electrons. The predicted octanol–water partition coefficient (Wildman–Crippen LogP) is 5.38. The van der Waals surface area contributed by atoms with Crippen LogP contribution in [0, 0.1) is 5.92 Å². The molecule has 8 heteroatoms. The van der Waals surface area contributed by atoms with Gasteiger partial charge < -0.3 is 19.9 Å². The van der Waals surface area contributed by atoms with Gasteiger partial charge >= 0.3 is 0 Å². The number of para-hydroxylation sites is 2. The normalized spacial score (nSPS) is 19.9. The summed E-state index contributed by atoms with van der Waals surface area (Å²) in [5, 5.41) is 13.4. The number of Topliss-reactive ketones (excluding diaryl/α,β-unsaturated/α-hetero) is 1. The molecule has 0 saturated heterocycles. The zero-order valence-electron chi connectivity index (χ0n) is 19.4. The first kappa shape index (κ1) is 24.0. The predicted molar refractivity (Wildman–Crippen MR) is 134 cm³/mol. The van der Waals surface area contributed by atoms with E-state index in [1.54, 1.807) is 38.3 Å². The molecule has 0 spiro atoms. The largest absolute Gasteiger partial charge is 0.503 e. The number of ketones is 1. The van der Waals surface area contributed by atoms with Gasteiger partial charge in [-0.1, -0.05) is 12.1 Å². The Balaban J connectivity index is 1.85. The van der Waals surface area contributed by atoms with E-state index in [1.165, 1.54) is 0 Å². The molecule has 1 unspecified atom stereocenters. The van der Waals surface area contributed by atoms with E-state index >= 15 is 0 Å². The molecule has 2 N–H and O–H groups in total. The molecule has 7 nitrogen and oxygen atoms in total. The number of hydrogen-bond acceptors (Lipinski definition) is 6. The second-order valence-corrected chi connectivity index (χ2v) is 9.17. The van der Waals surface area contributed by atoms with Crippen molar-refractivity contribution in [3.05, 3.63) is 57.7 Å². The smallest absolute Gasteiger partial charge is 0.254 e. The summed E-state index contributed by atoms with van der Waals surface area (Å²) in [6.45, 7) is 3.98. The average molecular weight is 527 g/mol. The van der Waals surface area contributed by atoms with Crippen LogP contribution in [0.1, 0.15) is 44.6 Å². The first-order chi connectivity index (χ1) is 16.3. The fraction of sp³-hybridized carbons (Fsp3) is 0.346. The van der Waals surface area contributed by atoms with Crippen LogP contribution in [0.15, 0.2) is 57.1 Å². The van der Waals surface area contributed by atoms with Gasteiger partial charge in [-0.25, -0.2) is 0 Å². The summed E-state index contributed by atoms with van der Waals surface area (Å²) in [5.41, 5.74) is 3.01. The van der Waals surface area contributed by atoms with E-state index in [9.17, 15) is 14.7 Å². The molecular weight excluding hydrogens is 500 g/mol. The Morgan fingerprint density at radius 2 is 1.97 bits per heavy atom. The van der Waals surface area contributed by atoms with E-state index in [1.807, 2.05) is 19.1 Å². The molecule has 2 aromatic carbocycles. The number of hydrogen-bond donors (Lipinski definition) is 2. The van der Waals surface area contributed by atoms with Gasteiger partial charge in [0.1, 0.15) is 11.5 Å². The maximum Gasteiger partial charge on any atom is 0.254 e. The van der Waals surface area contributed by atoms with Gasteiger partial charge in [-0.15, -0.1) is 0 Å². The molecule has 1 aliphatic carbocycles. The number of halogens is 1. The van der Waals surface area contributed by atoms with Crippen molar-refractivity contribution < 1.29 is 24.2 Å². The second-order valence-electron chi connectivity index (χ2n) is 8.31. The number of fused-ring (bicyclic) bond motifs is 1. The number of carbonyl (C=O) groups is 2. The van der Waals surface area contributed by atoms with Gasteiger partial charge in [-0.2, -0.15) is 0 Å². The highest BCUT2D eigenvalue weighted by molar-refractivity contribution is 9.10. The van der Waals surface area contributed by atoms with Crippen molar-refractivity contribution in [1.82, 2.24) is 0 Å². The third-order valence-corrected chi connectivity index (χ3v) is 6.82. The Kier molecular flexibility index (Phi) is 7.07. The number of aliphatic imine (C=N–C) groups is 1. The number of nitrogens with zero attached hydrogens (tertiary/aromatic N) is 1. The average Bonchev–Trinajstić information content (AvgIpc) is 2.81. The molecule has 178 valence electrons. The summed E-state index contributed by atoms with van der Waals surface area (Å²) >= 11 is 3.40. The van der Waals surface area contributed by atoms with Crippen LogP contribution in [-0.4, -0.2) is 36.2 Å². The molecule has 1 saturated carbocycles. The lowest BCUT2D eigenvalue weighted by atomic mass is 9.69. The third-order valence-electron chi connectivity index (χ3n) is 6.22. The van der Waals surface area contributed by atoms with Gasteiger partial charge in [0, 0.05) is 29.3 Å². The van der Waals surface area contributed by atoms with Crippen LogP contribution in [0.3, 0.4) is 0 Å². The Bertz CT molecular complexity index is 1200. The van der Waals surface area contributed by atoms with E-state index in [0.717, 1.165) is 12.1 Å². The maximum atomic E-state index is 13.7. The van der Waals surface area contributed by atoms with Crippen molar-refractivity contribution in [2.24, 2.45) is 10.9 Å². The Morgan fingerprint density at radius 3 is 2.71 bits per heavy atom. The number of benzene rings is 2. The molecule has 2 aromatic rings. The van der Waals surface area contributed by atoms with E-state index in [-0.39, 0.29) is 17.4 Å². The van der Waals surface area contributed by atoms with E-state index in [4.69, 9.17) is 14.5 Å². The molecule has 2 aliphatic rings. The number of methoxy groups -OCH3 is 1. The number of nitrogens with one attached hydrogen (secondary N) is 1. The van der Waals surface area contributed by atoms with Crippen LogP contribution < -0.4 is 14.8 Å². The summed E-state index contributed by atoms with van der Waals surface area (Å²) in [5.74, 6) is -0.590. The molecule has 0 aromatic heterocycles. The van der Waals surface area contributed by atoms with Gasteiger partial charge in [0.15, 0.2) is 11.5 Å². The van der Waals surface area contributed by atoms with Crippen molar-refractivity contribution in [1.29, 1.82) is 0 Å². The van der Waals surface area contributed by atoms with Gasteiger partial charge in [-0.3, -0.25) is 14.6 Å². The second kappa shape index (κ2) is 10.0. The molecule has 4 rings (SSSR count). The van der Waals surface area contributed by atoms with Gasteiger partial charge in [-0.05, 0) is 72.4 Å². The van der Waals surface area contributed by atoms with Crippen molar-refractivity contribution in [2.45, 2.75) is 39.0 Å². The topological polar surface area (TPSA) is 97.2 Å². The fourth-order valence-corrected chi connectivity index (χ4v) is 5.21. The zero-order valence-corrected chi connectivity index (χ0v) is 20.9. The zero-order chi connectivity index (χ0) is 24.4. The van der Waals surface area contributed by atoms with Crippen LogP contribution in [0.5, 0.6) is 17.2 Å². The minimum absolute atomic E-state index is 0.0222. The van der Waals surface area contributed by atoms with E-state index in [0.29, 0.717) is 57.9 Å². The molecule has 0 bridgehead atoms. The minimum atomic E-state index is -0.564. The summed E-state index contributed by atoms with van der Waals surface area (Å²) < 4.78 is 11.4. The minimum Gasteiger partial charge on any atom is -0.503 e. The van der Waals surface area contributed by atoms with Crippen LogP contribution in [-0.2, 0) is 9.59 Å². The van der Waals surface area contributed by atoms with E-state index < -0.39 is 11.8 Å². The SMILES string of the molecule is CCOc1cc([C@@H]2C(C(=O)Nc3ccccc3OC)=C(C)N=C3CCCC(=O)C32)cc(Br)c1O. The third kappa shape index (κ3) is 4.46. The summed E-state index contributed by atoms with van der Waals surface area (Å²) in [4.78, 5) is 31.5. The molecule has 1 fully saturated rings. The number of aromatic hydroxyl groups is 1. The number of phenolic OH excluding ortho intramolecular Hbond substituents is 1. The van der Waals surface area contributed by atoms with Gasteiger partial charge in [0.05, 0.1) is 29.8 Å². The van der Waals surface area contributed by atoms with E-state index in [2.05, 4.69) is 21.2 Å². The number of anilines is 1. The quantitative estimate of drug-likeness (QED) is 0.526. The highest BCUT2D eigenvalue weighted by Gasteiger charge is 2.43. The van der Waals surface area contributed by atoms with Crippen molar-refractivity contribution in [3.63, 3.8) is 0 Å². The Morgan fingerprint density at radius 1 is 1.21 bits per heavy atom. The maximum absolute atomic E-state index is 13.7. The molecular formula is C26H27BrN2O5. The lowest BCUT2D eigenvalue weighted by molar-refractivity contribution is -0.122. The fourth-order valence-electron chi connectivity index (χ4n) is 4.75. The number of carbonyl (C=O) groups excluding carboxylic acids is 2. The van der Waals surface area contributed by atoms with Crippen LogP contribution in [0.25, 0.3) is 0 Å². The Hall–Kier alpha value is -3.13. The number of allylic oxidation sites excluding steroid dienone is 1. The van der Waals surface area contributed by atoms with Crippen LogP contribution in [0.4, 0.5) is 5.69 Å². The molecule has 2 atom stereocenters.